The van der Waals surface area contributed by atoms with Crippen LogP contribution in [0.5, 0.6) is 0 Å². The number of hydrogen-bond donors (Lipinski definition) is 1. The molecule has 0 unspecified atom stereocenters. The van der Waals surface area contributed by atoms with E-state index in [1.165, 1.54) is 0 Å². The molecule has 1 rings (SSSR count). The first-order valence-electron chi connectivity index (χ1n) is 6.91. The molecule has 5 nitrogen and oxygen atoms in total. The number of hydrogen-bond acceptors (Lipinski definition) is 4. The maximum atomic E-state index is 12.0. The normalized spacial score (nSPS) is 19.2. The van der Waals surface area contributed by atoms with Crippen molar-refractivity contribution >= 4 is 10.0 Å². The molecule has 0 aromatic carbocycles. The first-order valence-corrected chi connectivity index (χ1v) is 8.52. The lowest BCUT2D eigenvalue weighted by molar-refractivity contribution is 0.171. The number of sulfonamides is 1. The summed E-state index contributed by atoms with van der Waals surface area (Å²) in [5.74, 6) is 0.289. The van der Waals surface area contributed by atoms with E-state index in [9.17, 15) is 8.42 Å². The number of rotatable bonds is 8. The van der Waals surface area contributed by atoms with Crippen LogP contribution >= 0.6 is 0 Å². The quantitative estimate of drug-likeness (QED) is 0.657. The van der Waals surface area contributed by atoms with Crippen LogP contribution in [-0.4, -0.2) is 67.8 Å². The van der Waals surface area contributed by atoms with Gasteiger partial charge in [0.1, 0.15) is 0 Å². The molecule has 0 aromatic rings. The number of piperazine rings is 1. The number of aliphatic hydroxyl groups is 1. The third kappa shape index (κ3) is 5.22. The van der Waals surface area contributed by atoms with Gasteiger partial charge in [0.25, 0.3) is 0 Å². The SMILES string of the molecule is CCCCCS(=O)(=O)N1CCN(CCCO)CC1. The molecule has 0 radical (unpaired) electrons. The lowest BCUT2D eigenvalue weighted by Gasteiger charge is -2.33. The van der Waals surface area contributed by atoms with Crippen LogP contribution in [0, 0.1) is 0 Å². The van der Waals surface area contributed by atoms with Crippen molar-refractivity contribution in [1.82, 2.24) is 9.21 Å². The molecule has 1 aliphatic rings. The smallest absolute Gasteiger partial charge is 0.214 e. The number of unbranched alkanes of at least 4 members (excludes halogenated alkanes) is 2. The van der Waals surface area contributed by atoms with Gasteiger partial charge in [0.15, 0.2) is 0 Å². The Hall–Kier alpha value is -0.170. The fraction of sp³-hybridized carbons (Fsp3) is 1.00. The van der Waals surface area contributed by atoms with Crippen LogP contribution in [0.15, 0.2) is 0 Å². The second-order valence-electron chi connectivity index (χ2n) is 4.84. The van der Waals surface area contributed by atoms with Gasteiger partial charge in [-0.05, 0) is 12.8 Å². The second-order valence-corrected chi connectivity index (χ2v) is 6.93. The maximum absolute atomic E-state index is 12.0. The molecule has 1 saturated heterocycles. The highest BCUT2D eigenvalue weighted by Crippen LogP contribution is 2.10. The Balaban J connectivity index is 2.32. The summed E-state index contributed by atoms with van der Waals surface area (Å²) < 4.78 is 25.7. The van der Waals surface area contributed by atoms with Crippen molar-refractivity contribution in [2.75, 3.05) is 45.1 Å². The van der Waals surface area contributed by atoms with Crippen molar-refractivity contribution in [3.63, 3.8) is 0 Å². The summed E-state index contributed by atoms with van der Waals surface area (Å²) in [5, 5.41) is 8.77. The van der Waals surface area contributed by atoms with Crippen LogP contribution in [-0.2, 0) is 10.0 Å². The highest BCUT2D eigenvalue weighted by molar-refractivity contribution is 7.89. The molecule has 0 bridgehead atoms. The fourth-order valence-electron chi connectivity index (χ4n) is 2.19. The molecule has 1 heterocycles. The van der Waals surface area contributed by atoms with Crippen molar-refractivity contribution in [2.45, 2.75) is 32.6 Å². The first kappa shape index (κ1) is 15.9. The average molecular weight is 278 g/mol. The molecule has 1 aliphatic heterocycles. The zero-order valence-corrected chi connectivity index (χ0v) is 12.2. The molecule has 0 aliphatic carbocycles. The Morgan fingerprint density at radius 1 is 1.06 bits per heavy atom. The molecule has 108 valence electrons. The van der Waals surface area contributed by atoms with Crippen LogP contribution in [0.2, 0.25) is 0 Å². The zero-order valence-electron chi connectivity index (χ0n) is 11.3. The van der Waals surface area contributed by atoms with Crippen molar-refractivity contribution in [2.24, 2.45) is 0 Å². The van der Waals surface area contributed by atoms with Gasteiger partial charge >= 0.3 is 0 Å². The van der Waals surface area contributed by atoms with Gasteiger partial charge in [-0.3, -0.25) is 0 Å². The fourth-order valence-corrected chi connectivity index (χ4v) is 3.74. The highest BCUT2D eigenvalue weighted by atomic mass is 32.2. The molecule has 0 amide bonds. The highest BCUT2D eigenvalue weighted by Gasteiger charge is 2.25. The Labute approximate surface area is 111 Å². The Morgan fingerprint density at radius 2 is 1.72 bits per heavy atom. The standard InChI is InChI=1S/C12H26N2O3S/c1-2-3-4-12-18(16,17)14-9-7-13(8-10-14)6-5-11-15/h15H,2-12H2,1H3. The molecule has 1 fully saturated rings. The predicted octanol–water partition coefficient (Wildman–Crippen LogP) is 0.506. The summed E-state index contributed by atoms with van der Waals surface area (Å²) in [6, 6.07) is 0. The maximum Gasteiger partial charge on any atom is 0.214 e. The minimum Gasteiger partial charge on any atom is -0.396 e. The van der Waals surface area contributed by atoms with Gasteiger partial charge in [0, 0.05) is 39.3 Å². The van der Waals surface area contributed by atoms with Crippen LogP contribution in [0.3, 0.4) is 0 Å². The molecule has 1 N–H and O–H groups in total. The van der Waals surface area contributed by atoms with E-state index < -0.39 is 10.0 Å². The number of aliphatic hydroxyl groups excluding tert-OH is 1. The van der Waals surface area contributed by atoms with Gasteiger partial charge in [-0.25, -0.2) is 8.42 Å². The largest absolute Gasteiger partial charge is 0.396 e. The molecule has 18 heavy (non-hydrogen) atoms. The van der Waals surface area contributed by atoms with Crippen LogP contribution in [0.1, 0.15) is 32.6 Å². The summed E-state index contributed by atoms with van der Waals surface area (Å²) >= 11 is 0. The second kappa shape index (κ2) is 8.09. The van der Waals surface area contributed by atoms with Crippen molar-refractivity contribution < 1.29 is 13.5 Å². The summed E-state index contributed by atoms with van der Waals surface area (Å²) in [5.41, 5.74) is 0. The summed E-state index contributed by atoms with van der Waals surface area (Å²) in [6.45, 7) is 5.90. The lowest BCUT2D eigenvalue weighted by atomic mass is 10.3. The topological polar surface area (TPSA) is 60.9 Å². The minimum absolute atomic E-state index is 0.204. The van der Waals surface area contributed by atoms with Gasteiger partial charge in [-0.2, -0.15) is 4.31 Å². The summed E-state index contributed by atoms with van der Waals surface area (Å²) in [4.78, 5) is 2.22. The average Bonchev–Trinajstić information content (AvgIpc) is 2.37. The summed E-state index contributed by atoms with van der Waals surface area (Å²) in [6.07, 6.45) is 3.56. The van der Waals surface area contributed by atoms with E-state index in [2.05, 4.69) is 11.8 Å². The lowest BCUT2D eigenvalue weighted by Crippen LogP contribution is -2.49. The molecule has 0 atom stereocenters. The van der Waals surface area contributed by atoms with E-state index >= 15 is 0 Å². The van der Waals surface area contributed by atoms with Crippen LogP contribution in [0.25, 0.3) is 0 Å². The Bertz CT molecular complexity index is 311. The van der Waals surface area contributed by atoms with E-state index in [1.807, 2.05) is 0 Å². The minimum atomic E-state index is -3.04. The van der Waals surface area contributed by atoms with Crippen molar-refractivity contribution in [3.8, 4) is 0 Å². The van der Waals surface area contributed by atoms with Gasteiger partial charge < -0.3 is 10.0 Å². The first-order chi connectivity index (χ1) is 8.60. The third-order valence-corrected chi connectivity index (χ3v) is 5.32. The predicted molar refractivity (Wildman–Crippen MR) is 73.0 cm³/mol. The molecule has 6 heteroatoms. The Kier molecular flexibility index (Phi) is 7.14. The number of nitrogens with zero attached hydrogens (tertiary/aromatic N) is 2. The third-order valence-electron chi connectivity index (χ3n) is 3.36. The molecule has 0 spiro atoms. The van der Waals surface area contributed by atoms with Gasteiger partial charge in [-0.15, -0.1) is 0 Å². The van der Waals surface area contributed by atoms with Gasteiger partial charge in [0.05, 0.1) is 5.75 Å². The van der Waals surface area contributed by atoms with Crippen LogP contribution in [0.4, 0.5) is 0 Å². The molecule has 0 saturated carbocycles. The van der Waals surface area contributed by atoms with E-state index in [0.717, 1.165) is 45.3 Å². The van der Waals surface area contributed by atoms with Gasteiger partial charge in [-0.1, -0.05) is 19.8 Å². The summed E-state index contributed by atoms with van der Waals surface area (Å²) in [7, 11) is -3.04. The molecule has 0 aromatic heterocycles. The molecular formula is C12H26N2O3S. The van der Waals surface area contributed by atoms with E-state index in [4.69, 9.17) is 5.11 Å². The van der Waals surface area contributed by atoms with Crippen LogP contribution < -0.4 is 0 Å². The van der Waals surface area contributed by atoms with Crippen molar-refractivity contribution in [3.05, 3.63) is 0 Å². The van der Waals surface area contributed by atoms with E-state index in [0.29, 0.717) is 13.1 Å². The van der Waals surface area contributed by atoms with E-state index in [1.54, 1.807) is 4.31 Å². The Morgan fingerprint density at radius 3 is 2.28 bits per heavy atom. The zero-order chi connectivity index (χ0) is 13.4. The van der Waals surface area contributed by atoms with Gasteiger partial charge in [0.2, 0.25) is 10.0 Å². The molecular weight excluding hydrogens is 252 g/mol. The monoisotopic (exact) mass is 278 g/mol. The van der Waals surface area contributed by atoms with E-state index in [-0.39, 0.29) is 12.4 Å². The van der Waals surface area contributed by atoms with Crippen molar-refractivity contribution in [1.29, 1.82) is 0 Å².